The van der Waals surface area contributed by atoms with E-state index >= 15 is 0 Å². The number of nitrogens with zero attached hydrogens (tertiary/aromatic N) is 1. The average Bonchev–Trinajstić information content (AvgIpc) is 3.52. The van der Waals surface area contributed by atoms with Gasteiger partial charge in [-0.3, -0.25) is 19.3 Å². The van der Waals surface area contributed by atoms with Crippen LogP contribution in [0, 0.1) is 5.82 Å². The summed E-state index contributed by atoms with van der Waals surface area (Å²) in [5, 5.41) is 5.00. The lowest BCUT2D eigenvalue weighted by Crippen LogP contribution is -2.46. The second kappa shape index (κ2) is 10.7. The molecule has 0 saturated heterocycles. The van der Waals surface area contributed by atoms with Gasteiger partial charge in [0, 0.05) is 22.2 Å². The third kappa shape index (κ3) is 5.59. The zero-order valence-corrected chi connectivity index (χ0v) is 19.8. The molecule has 1 aliphatic rings. The van der Waals surface area contributed by atoms with Crippen LogP contribution in [0.25, 0.3) is 0 Å². The highest BCUT2D eigenvalue weighted by atomic mass is 32.1. The Kier molecular flexibility index (Phi) is 7.53. The van der Waals surface area contributed by atoms with Gasteiger partial charge >= 0.3 is 0 Å². The number of Topliss-reactive ketones (excluding diaryl/α,β-unsaturated/α-hetero) is 1. The second-order valence-electron chi connectivity index (χ2n) is 8.57. The van der Waals surface area contributed by atoms with Crippen LogP contribution >= 0.6 is 11.3 Å². The van der Waals surface area contributed by atoms with E-state index in [0.717, 1.165) is 30.6 Å². The number of carbonyl (C=O) groups is 3. The van der Waals surface area contributed by atoms with Gasteiger partial charge in [-0.15, -0.1) is 11.3 Å². The number of nitrogens with one attached hydrogen (secondary N) is 1. The van der Waals surface area contributed by atoms with E-state index in [1.54, 1.807) is 24.3 Å². The van der Waals surface area contributed by atoms with Crippen LogP contribution in [0.15, 0.2) is 66.0 Å². The van der Waals surface area contributed by atoms with Crippen LogP contribution in [0.3, 0.4) is 0 Å². The maximum absolute atomic E-state index is 13.7. The minimum atomic E-state index is -1.00. The quantitative estimate of drug-likeness (QED) is 0.437. The van der Waals surface area contributed by atoms with E-state index in [9.17, 15) is 18.8 Å². The van der Waals surface area contributed by atoms with E-state index < -0.39 is 11.9 Å². The van der Waals surface area contributed by atoms with Gasteiger partial charge in [0.25, 0.3) is 0 Å². The van der Waals surface area contributed by atoms with E-state index in [2.05, 4.69) is 5.32 Å². The first-order valence-corrected chi connectivity index (χ1v) is 12.3. The predicted octanol–water partition coefficient (Wildman–Crippen LogP) is 5.47. The fourth-order valence-corrected chi connectivity index (χ4v) is 5.07. The average molecular weight is 479 g/mol. The predicted molar refractivity (Wildman–Crippen MR) is 131 cm³/mol. The lowest BCUT2D eigenvalue weighted by atomic mass is 10.0. The summed E-state index contributed by atoms with van der Waals surface area (Å²) in [5.74, 6) is -1.15. The van der Waals surface area contributed by atoms with E-state index in [4.69, 9.17) is 0 Å². The zero-order chi connectivity index (χ0) is 24.1. The van der Waals surface area contributed by atoms with Crippen LogP contribution in [0.2, 0.25) is 0 Å². The number of hydrogen-bond donors (Lipinski definition) is 1. The Morgan fingerprint density at radius 1 is 1.06 bits per heavy atom. The minimum Gasteiger partial charge on any atom is -0.351 e. The third-order valence-electron chi connectivity index (χ3n) is 6.10. The molecule has 1 N–H and O–H groups in total. The van der Waals surface area contributed by atoms with Gasteiger partial charge in [0.1, 0.15) is 11.9 Å². The molecule has 1 heterocycles. The molecule has 176 valence electrons. The summed E-state index contributed by atoms with van der Waals surface area (Å²) >= 11 is 1.46. The molecular weight excluding hydrogens is 451 g/mol. The summed E-state index contributed by atoms with van der Waals surface area (Å²) in [4.78, 5) is 41.8. The number of benzene rings is 2. The molecule has 3 aromatic rings. The van der Waals surface area contributed by atoms with E-state index in [1.165, 1.54) is 47.4 Å². The van der Waals surface area contributed by atoms with Gasteiger partial charge in [0.15, 0.2) is 5.78 Å². The molecule has 2 aromatic carbocycles. The van der Waals surface area contributed by atoms with Crippen molar-refractivity contribution in [2.45, 2.75) is 51.1 Å². The Morgan fingerprint density at radius 2 is 1.79 bits per heavy atom. The standard InChI is InChI=1S/C27H27FN2O3S/c1-18(31)20-6-4-9-23(16-20)30(25(32)17-24-10-5-15-34-24)26(19-11-13-21(28)14-12-19)27(33)29-22-7-2-3-8-22/h4-6,9-16,22,26H,2-3,7-8,17H2,1H3,(H,29,33). The van der Waals surface area contributed by atoms with E-state index in [1.807, 2.05) is 17.5 Å². The largest absolute Gasteiger partial charge is 0.351 e. The number of halogens is 1. The number of thiophene rings is 1. The highest BCUT2D eigenvalue weighted by molar-refractivity contribution is 7.10. The van der Waals surface area contributed by atoms with Crippen molar-refractivity contribution in [3.63, 3.8) is 0 Å². The Balaban J connectivity index is 1.79. The van der Waals surface area contributed by atoms with Crippen molar-refractivity contribution < 1.29 is 18.8 Å². The van der Waals surface area contributed by atoms with Crippen molar-refractivity contribution in [1.29, 1.82) is 0 Å². The van der Waals surface area contributed by atoms with Gasteiger partial charge in [0.2, 0.25) is 11.8 Å². The van der Waals surface area contributed by atoms with Gasteiger partial charge < -0.3 is 5.32 Å². The van der Waals surface area contributed by atoms with Gasteiger partial charge in [-0.25, -0.2) is 4.39 Å². The molecule has 1 aliphatic carbocycles. The molecule has 0 bridgehead atoms. The molecule has 5 nitrogen and oxygen atoms in total. The van der Waals surface area contributed by atoms with Crippen LogP contribution in [0.1, 0.15) is 59.4 Å². The molecular formula is C27H27FN2O3S. The van der Waals surface area contributed by atoms with Gasteiger partial charge in [-0.1, -0.05) is 43.2 Å². The number of carbonyl (C=O) groups excluding carboxylic acids is 3. The highest BCUT2D eigenvalue weighted by Crippen LogP contribution is 2.31. The van der Waals surface area contributed by atoms with Crippen LogP contribution in [0.4, 0.5) is 10.1 Å². The zero-order valence-electron chi connectivity index (χ0n) is 19.0. The first-order valence-electron chi connectivity index (χ1n) is 11.4. The Labute approximate surface area is 202 Å². The van der Waals surface area contributed by atoms with Crippen molar-refractivity contribution >= 4 is 34.6 Å². The van der Waals surface area contributed by atoms with Gasteiger partial charge in [0.05, 0.1) is 6.42 Å². The summed E-state index contributed by atoms with van der Waals surface area (Å²) in [6, 6.07) is 15.2. The lowest BCUT2D eigenvalue weighted by Gasteiger charge is -2.32. The van der Waals surface area contributed by atoms with Crippen molar-refractivity contribution in [3.8, 4) is 0 Å². The Morgan fingerprint density at radius 3 is 2.44 bits per heavy atom. The van der Waals surface area contributed by atoms with E-state index in [0.29, 0.717) is 16.8 Å². The van der Waals surface area contributed by atoms with Crippen LogP contribution in [0.5, 0.6) is 0 Å². The fraction of sp³-hybridized carbons (Fsp3) is 0.296. The topological polar surface area (TPSA) is 66.5 Å². The van der Waals surface area contributed by atoms with Crippen molar-refractivity contribution in [3.05, 3.63) is 87.9 Å². The second-order valence-corrected chi connectivity index (χ2v) is 9.60. The molecule has 1 unspecified atom stereocenters. The molecule has 7 heteroatoms. The molecule has 0 radical (unpaired) electrons. The summed E-state index contributed by atoms with van der Waals surface area (Å²) in [7, 11) is 0. The summed E-state index contributed by atoms with van der Waals surface area (Å²) in [5.41, 5.74) is 1.40. The normalized spacial score (nSPS) is 14.5. The molecule has 34 heavy (non-hydrogen) atoms. The molecule has 0 spiro atoms. The Bertz CT molecular complexity index is 1150. The van der Waals surface area contributed by atoms with Crippen molar-refractivity contribution in [2.75, 3.05) is 4.90 Å². The first kappa shape index (κ1) is 23.8. The molecule has 1 fully saturated rings. The van der Waals surface area contributed by atoms with Crippen LogP contribution in [-0.2, 0) is 16.0 Å². The number of ketones is 1. The van der Waals surface area contributed by atoms with Gasteiger partial charge in [-0.05, 0) is 61.0 Å². The molecule has 4 rings (SSSR count). The maximum atomic E-state index is 13.7. The van der Waals surface area contributed by atoms with Crippen molar-refractivity contribution in [1.82, 2.24) is 5.32 Å². The molecule has 1 atom stereocenters. The summed E-state index contributed by atoms with van der Waals surface area (Å²) in [6.07, 6.45) is 3.99. The molecule has 1 saturated carbocycles. The minimum absolute atomic E-state index is 0.0493. The molecule has 2 amide bonds. The SMILES string of the molecule is CC(=O)c1cccc(N(C(=O)Cc2cccs2)C(C(=O)NC2CCCC2)c2ccc(F)cc2)c1. The number of anilines is 1. The number of hydrogen-bond acceptors (Lipinski definition) is 4. The van der Waals surface area contributed by atoms with Crippen molar-refractivity contribution in [2.24, 2.45) is 0 Å². The number of rotatable bonds is 8. The van der Waals surface area contributed by atoms with E-state index in [-0.39, 0.29) is 30.1 Å². The van der Waals surface area contributed by atoms with Crippen LogP contribution < -0.4 is 10.2 Å². The van der Waals surface area contributed by atoms with Gasteiger partial charge in [-0.2, -0.15) is 0 Å². The highest BCUT2D eigenvalue weighted by Gasteiger charge is 2.34. The maximum Gasteiger partial charge on any atom is 0.248 e. The fourth-order valence-electron chi connectivity index (χ4n) is 4.37. The molecule has 0 aliphatic heterocycles. The monoisotopic (exact) mass is 478 g/mol. The Hall–Kier alpha value is -3.32. The number of amides is 2. The summed E-state index contributed by atoms with van der Waals surface area (Å²) in [6.45, 7) is 1.46. The smallest absolute Gasteiger partial charge is 0.248 e. The lowest BCUT2D eigenvalue weighted by molar-refractivity contribution is -0.127. The summed E-state index contributed by atoms with van der Waals surface area (Å²) < 4.78 is 13.7. The first-order chi connectivity index (χ1) is 16.4. The third-order valence-corrected chi connectivity index (χ3v) is 6.98. The van der Waals surface area contributed by atoms with Crippen LogP contribution in [-0.4, -0.2) is 23.6 Å². The molecule has 1 aromatic heterocycles.